The zero-order chi connectivity index (χ0) is 15.8. The Kier molecular flexibility index (Phi) is 23.3. The van der Waals surface area contributed by atoms with Gasteiger partial charge in [0.2, 0.25) is 13.8 Å². The van der Waals surface area contributed by atoms with Gasteiger partial charge in [-0.2, -0.15) is 18.1 Å². The second kappa shape index (κ2) is 16.2. The third-order valence-electron chi connectivity index (χ3n) is 0.442. The van der Waals surface area contributed by atoms with Crippen LogP contribution < -0.4 is 0 Å². The summed E-state index contributed by atoms with van der Waals surface area (Å²) in [5.74, 6) is 0. The number of hydrogen-bond acceptors (Lipinski definition) is 1. The van der Waals surface area contributed by atoms with Crippen LogP contribution in [0.2, 0.25) is 0 Å². The summed E-state index contributed by atoms with van der Waals surface area (Å²) < 4.78 is 110. The molecule has 0 bridgehead atoms. The van der Waals surface area contributed by atoms with Crippen molar-refractivity contribution in [3.05, 3.63) is 0 Å². The minimum absolute atomic E-state index is 0.729. The van der Waals surface area contributed by atoms with Crippen LogP contribution in [0.4, 0.5) is 48.4 Å². The van der Waals surface area contributed by atoms with Crippen molar-refractivity contribution in [1.29, 1.82) is 0 Å². The minimum atomic E-state index is -5.50. The van der Waals surface area contributed by atoms with Crippen molar-refractivity contribution in [2.75, 3.05) is 13.8 Å². The van der Waals surface area contributed by atoms with Gasteiger partial charge in [0.05, 0.1) is 0 Å². The average Bonchev–Trinajstić information content (AvgIpc) is 2.16. The van der Waals surface area contributed by atoms with Gasteiger partial charge in [-0.1, -0.05) is 6.92 Å². The zero-order valence-corrected chi connectivity index (χ0v) is 8.69. The number of rotatable bonds is 1. The van der Waals surface area contributed by atoms with E-state index in [0.29, 0.717) is 0 Å². The Morgan fingerprint density at radius 1 is 0.833 bits per heavy atom. The van der Waals surface area contributed by atoms with E-state index in [1.165, 1.54) is 0 Å². The third-order valence-corrected chi connectivity index (χ3v) is 0.442. The first-order valence-corrected chi connectivity index (χ1v) is 3.63. The van der Waals surface area contributed by atoms with Gasteiger partial charge in [-0.3, -0.25) is 0 Å². The molecule has 116 valence electrons. The van der Waals surface area contributed by atoms with Gasteiger partial charge < -0.3 is 0 Å². The summed E-state index contributed by atoms with van der Waals surface area (Å²) in [6.07, 6.45) is -10.2. The maximum absolute atomic E-state index is 10.8. The second-order valence-corrected chi connectivity index (χ2v) is 1.72. The summed E-state index contributed by atoms with van der Waals surface area (Å²) in [7, 11) is 0. The summed E-state index contributed by atoms with van der Waals surface area (Å²) in [6.45, 7) is -2.01. The monoisotopic (exact) mass is 306 g/mol. The molecule has 0 fully saturated rings. The van der Waals surface area contributed by atoms with E-state index in [2.05, 4.69) is 4.94 Å². The van der Waals surface area contributed by atoms with Crippen LogP contribution in [0, 0.1) is 0 Å². The molecule has 0 N–H and O–H groups in total. The Hall–Kier alpha value is -0.810. The Bertz CT molecular complexity index is 122. The molecule has 0 unspecified atom stereocenters. The lowest BCUT2D eigenvalue weighted by molar-refractivity contribution is -0.237. The van der Waals surface area contributed by atoms with E-state index in [0.717, 1.165) is 6.92 Å². The molecule has 0 atom stereocenters. The molecule has 0 amide bonds. The van der Waals surface area contributed by atoms with Crippen molar-refractivity contribution >= 4 is 0 Å². The van der Waals surface area contributed by atoms with E-state index < -0.39 is 32.8 Å². The molecule has 0 radical (unpaired) electrons. The molecule has 1 nitrogen and oxygen atoms in total. The van der Waals surface area contributed by atoms with Gasteiger partial charge in [-0.25, -0.2) is 13.2 Å². The van der Waals surface area contributed by atoms with Gasteiger partial charge in [0, 0.05) is 6.42 Å². The lowest BCUT2D eigenvalue weighted by Crippen LogP contribution is -2.02. The lowest BCUT2D eigenvalue weighted by Gasteiger charge is -1.96. The van der Waals surface area contributed by atoms with Gasteiger partial charge in [0.1, 0.15) is 0 Å². The van der Waals surface area contributed by atoms with Crippen molar-refractivity contribution in [2.45, 2.75) is 26.0 Å². The highest BCUT2D eigenvalue weighted by Crippen LogP contribution is 2.17. The van der Waals surface area contributed by atoms with E-state index in [1.54, 1.807) is 0 Å². The number of alkyl halides is 10. The van der Waals surface area contributed by atoms with Crippen LogP contribution in [0.1, 0.15) is 13.3 Å². The molecule has 0 aliphatic heterocycles. The van der Waals surface area contributed by atoms with Gasteiger partial charge in [-0.15, -0.1) is 17.6 Å². The molecule has 0 saturated carbocycles. The minimum Gasteiger partial charge on any atom is -0.216 e. The molecule has 0 spiro atoms. The molecule has 0 aromatic heterocycles. The van der Waals surface area contributed by atoms with Crippen molar-refractivity contribution in [2.24, 2.45) is 0 Å². The van der Waals surface area contributed by atoms with Crippen LogP contribution in [0.15, 0.2) is 0 Å². The summed E-state index contributed by atoms with van der Waals surface area (Å²) in [4.78, 5) is 2.38. The molecule has 0 rings (SSSR count). The summed E-state index contributed by atoms with van der Waals surface area (Å²) >= 11 is 0. The van der Waals surface area contributed by atoms with E-state index in [1.807, 2.05) is 0 Å². The molecular formula is C6H9F11O. The van der Waals surface area contributed by atoms with Crippen LogP contribution in [0.25, 0.3) is 0 Å². The van der Waals surface area contributed by atoms with Crippen molar-refractivity contribution in [3.63, 3.8) is 0 Å². The van der Waals surface area contributed by atoms with E-state index in [9.17, 15) is 48.4 Å². The molecule has 0 heterocycles. The average molecular weight is 306 g/mol. The van der Waals surface area contributed by atoms with E-state index in [-0.39, 0.29) is 0 Å². The molecule has 12 heteroatoms. The van der Waals surface area contributed by atoms with E-state index in [4.69, 9.17) is 0 Å². The highest BCUT2D eigenvalue weighted by atomic mass is 19.5. The smallest absolute Gasteiger partial charge is 0.216 e. The van der Waals surface area contributed by atoms with Crippen LogP contribution in [0.5, 0.6) is 0 Å². The molecular weight excluding hydrogens is 297 g/mol. The maximum Gasteiger partial charge on any atom is 0.559 e. The van der Waals surface area contributed by atoms with Crippen LogP contribution in [0.3, 0.4) is 0 Å². The Morgan fingerprint density at radius 2 is 0.944 bits per heavy atom. The fourth-order valence-electron chi connectivity index (χ4n) is 0. The molecule has 0 aliphatic rings. The van der Waals surface area contributed by atoms with Gasteiger partial charge in [0.25, 0.3) is 0 Å². The predicted octanol–water partition coefficient (Wildman–Crippen LogP) is 5.13. The predicted molar refractivity (Wildman–Crippen MR) is 38.8 cm³/mol. The quantitative estimate of drug-likeness (QED) is 0.610. The Morgan fingerprint density at radius 3 is 0.944 bits per heavy atom. The highest BCUT2D eigenvalue weighted by Gasteiger charge is 2.24. The molecule has 0 saturated heterocycles. The lowest BCUT2D eigenvalue weighted by atomic mass is 10.5. The van der Waals surface area contributed by atoms with Gasteiger partial charge in [-0.05, 0) is 4.53 Å². The molecule has 18 heavy (non-hydrogen) atoms. The Labute approximate surface area is 94.4 Å². The topological polar surface area (TPSA) is 9.23 Å². The van der Waals surface area contributed by atoms with Crippen LogP contribution >= 0.6 is 0 Å². The number of halogens is 11. The van der Waals surface area contributed by atoms with Gasteiger partial charge in [0.15, 0.2) is 0 Å². The first kappa shape index (κ1) is 25.9. The zero-order valence-electron chi connectivity index (χ0n) is 8.69. The van der Waals surface area contributed by atoms with Crippen LogP contribution in [-0.2, 0) is 4.94 Å². The fourth-order valence-corrected chi connectivity index (χ4v) is 0. The highest BCUT2D eigenvalue weighted by molar-refractivity contribution is 4.39. The van der Waals surface area contributed by atoms with E-state index >= 15 is 0 Å². The third kappa shape index (κ3) is 301. The van der Waals surface area contributed by atoms with Crippen LogP contribution in [-0.4, -0.2) is 26.4 Å². The Balaban J connectivity index is -0.0000000750. The normalized spacial score (nSPS) is 10.0. The first-order chi connectivity index (χ1) is 7.89. The van der Waals surface area contributed by atoms with Crippen molar-refractivity contribution < 1.29 is 53.4 Å². The van der Waals surface area contributed by atoms with Crippen molar-refractivity contribution in [1.82, 2.24) is 0 Å². The molecule has 0 aliphatic carbocycles. The SMILES string of the molecule is CCC(F)(F)F.FC(F)(F)F.FCF.FCOF. The summed E-state index contributed by atoms with van der Waals surface area (Å²) in [6, 6.07) is 0. The largest absolute Gasteiger partial charge is 0.559 e. The maximum atomic E-state index is 10.8. The standard InChI is InChI=1S/C3H5F3.CF4.CH2F2O.CH2F2/c1-2-3(4,5)6;2-1(3,4)5;2-1-4-3;2-1-3/h2H2,1H3;;1H2;1H2. The molecule has 0 aromatic rings. The summed E-state index contributed by atoms with van der Waals surface area (Å²) in [5.41, 5.74) is 0. The number of hydrogen-bond donors (Lipinski definition) is 0. The fraction of sp³-hybridized carbons (Fsp3) is 1.00. The molecule has 0 aromatic carbocycles. The second-order valence-electron chi connectivity index (χ2n) is 1.72. The first-order valence-electron chi connectivity index (χ1n) is 3.63. The van der Waals surface area contributed by atoms with Crippen molar-refractivity contribution in [3.8, 4) is 0 Å². The van der Waals surface area contributed by atoms with Gasteiger partial charge >= 0.3 is 12.6 Å². The summed E-state index contributed by atoms with van der Waals surface area (Å²) in [5, 5.41) is 0.